The Kier molecular flexibility index (Phi) is 7.62. The van der Waals surface area contributed by atoms with Gasteiger partial charge in [-0.1, -0.05) is 43.7 Å². The number of ether oxygens (including phenoxy) is 2. The molecule has 190 valence electrons. The maximum atomic E-state index is 13.6. The summed E-state index contributed by atoms with van der Waals surface area (Å²) in [6.45, 7) is 5.05. The summed E-state index contributed by atoms with van der Waals surface area (Å²) in [6.07, 6.45) is 2.84. The molecule has 8 heteroatoms. The van der Waals surface area contributed by atoms with Crippen molar-refractivity contribution in [3.8, 4) is 23.1 Å². The number of carbonyl (C=O) groups is 1. The van der Waals surface area contributed by atoms with E-state index in [0.717, 1.165) is 19.3 Å². The van der Waals surface area contributed by atoms with E-state index in [1.807, 2.05) is 19.1 Å². The molecule has 0 radical (unpaired) electrons. The highest BCUT2D eigenvalue weighted by molar-refractivity contribution is 5.96. The molecular formula is C28H33N3O5. The van der Waals surface area contributed by atoms with Gasteiger partial charge in [0.1, 0.15) is 23.0 Å². The first-order valence-corrected chi connectivity index (χ1v) is 12.3. The number of amides is 1. The van der Waals surface area contributed by atoms with Crippen LogP contribution in [0.3, 0.4) is 0 Å². The van der Waals surface area contributed by atoms with Gasteiger partial charge in [-0.05, 0) is 43.0 Å². The van der Waals surface area contributed by atoms with Crippen LogP contribution >= 0.6 is 0 Å². The lowest BCUT2D eigenvalue weighted by molar-refractivity contribution is 0.0784. The molecular weight excluding hydrogens is 458 g/mol. The third-order valence-electron chi connectivity index (χ3n) is 6.83. The van der Waals surface area contributed by atoms with Gasteiger partial charge in [-0.2, -0.15) is 4.98 Å². The maximum absolute atomic E-state index is 13.6. The van der Waals surface area contributed by atoms with Crippen LogP contribution in [0.15, 0.2) is 47.3 Å². The largest absolute Gasteiger partial charge is 0.494 e. The van der Waals surface area contributed by atoms with Gasteiger partial charge >= 0.3 is 0 Å². The van der Waals surface area contributed by atoms with Gasteiger partial charge in [-0.15, -0.1) is 0 Å². The molecule has 1 N–H and O–H groups in total. The Balaban J connectivity index is 1.80. The predicted octanol–water partition coefficient (Wildman–Crippen LogP) is 4.24. The lowest BCUT2D eigenvalue weighted by atomic mass is 9.94. The number of aromatic hydroxyl groups is 1. The number of nitrogens with zero attached hydrogens (tertiary/aromatic N) is 3. The molecule has 2 heterocycles. The smallest absolute Gasteiger partial charge is 0.289 e. The van der Waals surface area contributed by atoms with Crippen LogP contribution in [-0.4, -0.2) is 52.8 Å². The van der Waals surface area contributed by atoms with Crippen molar-refractivity contribution < 1.29 is 19.4 Å². The summed E-state index contributed by atoms with van der Waals surface area (Å²) in [7, 11) is 3.03. The van der Waals surface area contributed by atoms with Crippen LogP contribution in [0.1, 0.15) is 59.4 Å². The fourth-order valence-corrected chi connectivity index (χ4v) is 4.93. The lowest BCUT2D eigenvalue weighted by Crippen LogP contribution is -2.35. The van der Waals surface area contributed by atoms with Crippen LogP contribution < -0.4 is 15.0 Å². The van der Waals surface area contributed by atoms with E-state index in [2.05, 4.69) is 24.0 Å². The molecule has 0 spiro atoms. The minimum Gasteiger partial charge on any atom is -0.494 e. The van der Waals surface area contributed by atoms with Crippen LogP contribution in [0.5, 0.6) is 17.4 Å². The van der Waals surface area contributed by atoms with Crippen molar-refractivity contribution in [2.45, 2.75) is 45.4 Å². The Labute approximate surface area is 211 Å². The minimum absolute atomic E-state index is 0.172. The highest BCUT2D eigenvalue weighted by Crippen LogP contribution is 2.37. The number of para-hydroxylation sites is 1. The summed E-state index contributed by atoms with van der Waals surface area (Å²) in [4.78, 5) is 32.6. The first kappa shape index (κ1) is 25.3. The maximum Gasteiger partial charge on any atom is 0.289 e. The number of carbonyl (C=O) groups excluding carboxylic acids is 1. The fourth-order valence-electron chi connectivity index (χ4n) is 4.93. The third kappa shape index (κ3) is 4.67. The molecule has 1 aliphatic heterocycles. The Bertz CT molecular complexity index is 1290. The van der Waals surface area contributed by atoms with E-state index in [0.29, 0.717) is 42.5 Å². The molecule has 4 rings (SSSR count). The standard InChI is InChI=1S/C28H33N3O5/c1-5-6-14-23-29-26(32)24(28(34)31(23)25-21(35-3)12-9-13-22(25)36-4)27(33)30-16-15-19(17-30)20-11-8-7-10-18(20)2/h7-13,19,34H,5-6,14-17H2,1-4H3. The van der Waals surface area contributed by atoms with E-state index in [9.17, 15) is 14.7 Å². The summed E-state index contributed by atoms with van der Waals surface area (Å²) in [5, 5.41) is 11.5. The molecule has 0 saturated carbocycles. The molecule has 1 fully saturated rings. The van der Waals surface area contributed by atoms with Crippen molar-refractivity contribution in [2.24, 2.45) is 0 Å². The minimum atomic E-state index is -0.729. The van der Waals surface area contributed by atoms with Crippen LogP contribution in [0.4, 0.5) is 0 Å². The van der Waals surface area contributed by atoms with E-state index in [1.165, 1.54) is 29.9 Å². The molecule has 1 unspecified atom stereocenters. The molecule has 0 aliphatic carbocycles. The van der Waals surface area contributed by atoms with Crippen molar-refractivity contribution in [3.63, 3.8) is 0 Å². The average Bonchev–Trinajstić information content (AvgIpc) is 3.37. The molecule has 3 aromatic rings. The first-order chi connectivity index (χ1) is 17.4. The summed E-state index contributed by atoms with van der Waals surface area (Å²) >= 11 is 0. The van der Waals surface area contributed by atoms with E-state index >= 15 is 0 Å². The van der Waals surface area contributed by atoms with E-state index in [-0.39, 0.29) is 11.5 Å². The zero-order valence-electron chi connectivity index (χ0n) is 21.3. The number of benzene rings is 2. The van der Waals surface area contributed by atoms with Crippen molar-refractivity contribution in [3.05, 3.63) is 75.3 Å². The SMILES string of the molecule is CCCCc1nc(=O)c(C(=O)N2CCC(c3ccccc3C)C2)c(O)n1-c1c(OC)cccc1OC. The summed E-state index contributed by atoms with van der Waals surface area (Å²) < 4.78 is 12.5. The second-order valence-corrected chi connectivity index (χ2v) is 9.08. The number of methoxy groups -OCH3 is 2. The van der Waals surface area contributed by atoms with Gasteiger partial charge in [0.05, 0.1) is 14.2 Å². The van der Waals surface area contributed by atoms with Crippen LogP contribution in [0, 0.1) is 6.92 Å². The molecule has 1 aromatic heterocycles. The molecule has 8 nitrogen and oxygen atoms in total. The molecule has 2 aromatic carbocycles. The number of aromatic nitrogens is 2. The molecule has 1 amide bonds. The van der Waals surface area contributed by atoms with Crippen molar-refractivity contribution >= 4 is 5.91 Å². The lowest BCUT2D eigenvalue weighted by Gasteiger charge is -2.22. The zero-order valence-corrected chi connectivity index (χ0v) is 21.3. The zero-order chi connectivity index (χ0) is 25.8. The Morgan fingerprint density at radius 1 is 1.11 bits per heavy atom. The van der Waals surface area contributed by atoms with Crippen LogP contribution in [0.2, 0.25) is 0 Å². The van der Waals surface area contributed by atoms with Gasteiger partial charge < -0.3 is 19.5 Å². The number of unbranched alkanes of at least 4 members (excludes halogenated alkanes) is 1. The number of aryl methyl sites for hydroxylation is 2. The van der Waals surface area contributed by atoms with E-state index in [4.69, 9.17) is 9.47 Å². The highest BCUT2D eigenvalue weighted by atomic mass is 16.5. The van der Waals surface area contributed by atoms with Gasteiger partial charge in [-0.25, -0.2) is 0 Å². The van der Waals surface area contributed by atoms with E-state index in [1.54, 1.807) is 23.1 Å². The van der Waals surface area contributed by atoms with Gasteiger partial charge in [0.15, 0.2) is 5.56 Å². The molecule has 36 heavy (non-hydrogen) atoms. The van der Waals surface area contributed by atoms with Gasteiger partial charge in [-0.3, -0.25) is 14.2 Å². The number of hydrogen-bond donors (Lipinski definition) is 1. The third-order valence-corrected chi connectivity index (χ3v) is 6.83. The highest BCUT2D eigenvalue weighted by Gasteiger charge is 2.34. The second kappa shape index (κ2) is 10.8. The second-order valence-electron chi connectivity index (χ2n) is 9.08. The normalized spacial score (nSPS) is 15.2. The fraction of sp³-hybridized carbons (Fsp3) is 0.393. The summed E-state index contributed by atoms with van der Waals surface area (Å²) in [5.41, 5.74) is 1.70. The predicted molar refractivity (Wildman–Crippen MR) is 138 cm³/mol. The van der Waals surface area contributed by atoms with Gasteiger partial charge in [0.2, 0.25) is 5.88 Å². The quantitative estimate of drug-likeness (QED) is 0.507. The van der Waals surface area contributed by atoms with Crippen LogP contribution in [-0.2, 0) is 6.42 Å². The number of likely N-dealkylation sites (tertiary alicyclic amines) is 1. The van der Waals surface area contributed by atoms with Gasteiger partial charge in [0.25, 0.3) is 11.5 Å². The van der Waals surface area contributed by atoms with E-state index < -0.39 is 17.3 Å². The Morgan fingerprint density at radius 2 is 1.81 bits per heavy atom. The van der Waals surface area contributed by atoms with Crippen molar-refractivity contribution in [2.75, 3.05) is 27.3 Å². The topological polar surface area (TPSA) is 93.9 Å². The first-order valence-electron chi connectivity index (χ1n) is 12.3. The Hall–Kier alpha value is -3.81. The molecule has 0 bridgehead atoms. The average molecular weight is 492 g/mol. The summed E-state index contributed by atoms with van der Waals surface area (Å²) in [5.74, 6) is 0.390. The Morgan fingerprint density at radius 3 is 2.44 bits per heavy atom. The van der Waals surface area contributed by atoms with Crippen LogP contribution in [0.25, 0.3) is 5.69 Å². The molecule has 1 atom stereocenters. The van der Waals surface area contributed by atoms with Crippen molar-refractivity contribution in [1.82, 2.24) is 14.5 Å². The number of rotatable bonds is 8. The van der Waals surface area contributed by atoms with Crippen molar-refractivity contribution in [1.29, 1.82) is 0 Å². The summed E-state index contributed by atoms with van der Waals surface area (Å²) in [6, 6.07) is 13.4. The molecule has 1 aliphatic rings. The molecule has 1 saturated heterocycles. The number of hydrogen-bond acceptors (Lipinski definition) is 6. The monoisotopic (exact) mass is 491 g/mol. The van der Waals surface area contributed by atoms with Gasteiger partial charge in [0, 0.05) is 25.4 Å².